The molecule has 1 aromatic rings. The third-order valence-corrected chi connectivity index (χ3v) is 4.07. The zero-order valence-electron chi connectivity index (χ0n) is 10.5. The SMILES string of the molecule is C#CCOc1ccc(N2CC(S(=O)(=O)F)CC2=O)cc1. The number of nitrogens with zero attached hydrogens (tertiary/aromatic N) is 1. The molecule has 1 aromatic carbocycles. The van der Waals surface area contributed by atoms with Crippen molar-refractivity contribution in [2.75, 3.05) is 18.1 Å². The molecule has 0 radical (unpaired) electrons. The third kappa shape index (κ3) is 3.08. The van der Waals surface area contributed by atoms with Crippen LogP contribution in [0, 0.1) is 12.3 Å². The average molecular weight is 297 g/mol. The zero-order chi connectivity index (χ0) is 14.8. The molecule has 0 N–H and O–H groups in total. The number of anilines is 1. The molecule has 5 nitrogen and oxygen atoms in total. The number of carbonyl (C=O) groups is 1. The van der Waals surface area contributed by atoms with Crippen molar-refractivity contribution >= 4 is 21.8 Å². The van der Waals surface area contributed by atoms with Crippen molar-refractivity contribution in [3.63, 3.8) is 0 Å². The van der Waals surface area contributed by atoms with Gasteiger partial charge in [0.25, 0.3) is 0 Å². The molecule has 1 saturated heterocycles. The van der Waals surface area contributed by atoms with Crippen molar-refractivity contribution in [2.45, 2.75) is 11.7 Å². The molecule has 1 aliphatic rings. The topological polar surface area (TPSA) is 63.7 Å². The fraction of sp³-hybridized carbons (Fsp3) is 0.308. The number of terminal acetylenes is 1. The van der Waals surface area contributed by atoms with Gasteiger partial charge < -0.3 is 9.64 Å². The van der Waals surface area contributed by atoms with Crippen LogP contribution < -0.4 is 9.64 Å². The molecule has 1 heterocycles. The van der Waals surface area contributed by atoms with Crippen LogP contribution in [0.4, 0.5) is 9.57 Å². The molecule has 106 valence electrons. The lowest BCUT2D eigenvalue weighted by molar-refractivity contribution is -0.117. The summed E-state index contributed by atoms with van der Waals surface area (Å²) in [7, 11) is -4.71. The average Bonchev–Trinajstić information content (AvgIpc) is 2.79. The number of rotatable bonds is 4. The predicted octanol–water partition coefficient (Wildman–Crippen LogP) is 1.10. The molecule has 20 heavy (non-hydrogen) atoms. The first-order valence-electron chi connectivity index (χ1n) is 5.82. The van der Waals surface area contributed by atoms with Crippen LogP contribution in [0.5, 0.6) is 5.75 Å². The zero-order valence-corrected chi connectivity index (χ0v) is 11.3. The quantitative estimate of drug-likeness (QED) is 0.617. The summed E-state index contributed by atoms with van der Waals surface area (Å²) in [6.45, 7) is -0.0492. The van der Waals surface area contributed by atoms with E-state index in [0.29, 0.717) is 11.4 Å². The fourth-order valence-electron chi connectivity index (χ4n) is 1.96. The van der Waals surface area contributed by atoms with E-state index < -0.39 is 21.4 Å². The van der Waals surface area contributed by atoms with Crippen LogP contribution >= 0.6 is 0 Å². The summed E-state index contributed by atoms with van der Waals surface area (Å²) in [6.07, 6.45) is 4.72. The van der Waals surface area contributed by atoms with Crippen LogP contribution in [0.3, 0.4) is 0 Å². The molecule has 1 fully saturated rings. The Hall–Kier alpha value is -2.07. The van der Waals surface area contributed by atoms with Crippen LogP contribution in [-0.4, -0.2) is 32.7 Å². The van der Waals surface area contributed by atoms with E-state index in [2.05, 4.69) is 5.92 Å². The van der Waals surface area contributed by atoms with E-state index >= 15 is 0 Å². The van der Waals surface area contributed by atoms with Gasteiger partial charge in [-0.05, 0) is 24.3 Å². The van der Waals surface area contributed by atoms with Gasteiger partial charge in [0, 0.05) is 18.7 Å². The Balaban J connectivity index is 2.13. The minimum absolute atomic E-state index is 0.129. The fourth-order valence-corrected chi connectivity index (χ4v) is 2.63. The molecular formula is C13H12FNO4S. The largest absolute Gasteiger partial charge is 0.481 e. The van der Waals surface area contributed by atoms with Gasteiger partial charge in [0.1, 0.15) is 17.6 Å². The number of hydrogen-bond donors (Lipinski definition) is 0. The van der Waals surface area contributed by atoms with Gasteiger partial charge in [-0.25, -0.2) is 0 Å². The molecule has 1 unspecified atom stereocenters. The van der Waals surface area contributed by atoms with Gasteiger partial charge in [-0.1, -0.05) is 5.92 Å². The van der Waals surface area contributed by atoms with E-state index in [0.717, 1.165) is 0 Å². The Morgan fingerprint density at radius 1 is 1.40 bits per heavy atom. The normalized spacial score (nSPS) is 18.9. The first-order valence-corrected chi connectivity index (χ1v) is 7.26. The molecule has 1 amide bonds. The lowest BCUT2D eigenvalue weighted by atomic mass is 10.3. The van der Waals surface area contributed by atoms with Gasteiger partial charge in [-0.15, -0.1) is 10.3 Å². The summed E-state index contributed by atoms with van der Waals surface area (Å²) in [5, 5.41) is -1.30. The molecule has 1 atom stereocenters. The molecule has 0 aliphatic carbocycles. The summed E-state index contributed by atoms with van der Waals surface area (Å²) < 4.78 is 39.8. The van der Waals surface area contributed by atoms with Gasteiger partial charge in [-0.3, -0.25) is 4.79 Å². The number of hydrogen-bond acceptors (Lipinski definition) is 4. The summed E-state index contributed by atoms with van der Waals surface area (Å²) >= 11 is 0. The Morgan fingerprint density at radius 2 is 2.05 bits per heavy atom. The number of ether oxygens (including phenoxy) is 1. The van der Waals surface area contributed by atoms with Crippen LogP contribution in [-0.2, 0) is 15.0 Å². The van der Waals surface area contributed by atoms with E-state index in [4.69, 9.17) is 11.2 Å². The first-order chi connectivity index (χ1) is 9.41. The number of benzene rings is 1. The Bertz CT molecular complexity index is 648. The lowest BCUT2D eigenvalue weighted by Crippen LogP contribution is -2.26. The van der Waals surface area contributed by atoms with Gasteiger partial charge in [0.2, 0.25) is 5.91 Å². The molecule has 7 heteroatoms. The molecule has 0 bridgehead atoms. The van der Waals surface area contributed by atoms with Crippen molar-refractivity contribution < 1.29 is 21.8 Å². The van der Waals surface area contributed by atoms with Crippen molar-refractivity contribution in [3.8, 4) is 18.1 Å². The summed E-state index contributed by atoms with van der Waals surface area (Å²) in [5.41, 5.74) is 0.495. The highest BCUT2D eigenvalue weighted by Crippen LogP contribution is 2.27. The smallest absolute Gasteiger partial charge is 0.307 e. The minimum Gasteiger partial charge on any atom is -0.481 e. The van der Waals surface area contributed by atoms with Crippen LogP contribution in [0.1, 0.15) is 6.42 Å². The Morgan fingerprint density at radius 3 is 2.55 bits per heavy atom. The van der Waals surface area contributed by atoms with E-state index in [9.17, 15) is 17.1 Å². The highest BCUT2D eigenvalue weighted by molar-refractivity contribution is 7.87. The predicted molar refractivity (Wildman–Crippen MR) is 71.6 cm³/mol. The van der Waals surface area contributed by atoms with Crippen molar-refractivity contribution in [2.24, 2.45) is 0 Å². The Labute approximate surface area is 116 Å². The molecule has 0 aromatic heterocycles. The second-order valence-corrected chi connectivity index (χ2v) is 5.91. The molecule has 0 spiro atoms. The second-order valence-electron chi connectivity index (χ2n) is 4.29. The number of amides is 1. The highest BCUT2D eigenvalue weighted by atomic mass is 32.3. The molecule has 2 rings (SSSR count). The first kappa shape index (κ1) is 14.3. The van der Waals surface area contributed by atoms with E-state index in [1.807, 2.05) is 0 Å². The molecule has 1 aliphatic heterocycles. The van der Waals surface area contributed by atoms with E-state index in [1.165, 1.54) is 4.90 Å². The molecular weight excluding hydrogens is 285 g/mol. The van der Waals surface area contributed by atoms with Crippen LogP contribution in [0.2, 0.25) is 0 Å². The van der Waals surface area contributed by atoms with Gasteiger partial charge >= 0.3 is 10.2 Å². The Kier molecular flexibility index (Phi) is 3.95. The standard InChI is InChI=1S/C13H12FNO4S/c1-2-7-19-11-5-3-10(4-6-11)15-9-12(8-13(15)16)20(14,17)18/h1,3-6,12H,7-9H2. The van der Waals surface area contributed by atoms with Crippen LogP contribution in [0.15, 0.2) is 24.3 Å². The van der Waals surface area contributed by atoms with Crippen LogP contribution in [0.25, 0.3) is 0 Å². The minimum atomic E-state index is -4.71. The lowest BCUT2D eigenvalue weighted by Gasteiger charge is -2.16. The summed E-state index contributed by atoms with van der Waals surface area (Å²) in [5.74, 6) is 2.43. The highest BCUT2D eigenvalue weighted by Gasteiger charge is 2.38. The van der Waals surface area contributed by atoms with Gasteiger partial charge in [-0.2, -0.15) is 8.42 Å². The van der Waals surface area contributed by atoms with Crippen molar-refractivity contribution in [3.05, 3.63) is 24.3 Å². The maximum Gasteiger partial charge on any atom is 0.307 e. The maximum absolute atomic E-state index is 12.9. The second kappa shape index (κ2) is 5.51. The van der Waals surface area contributed by atoms with Crippen molar-refractivity contribution in [1.29, 1.82) is 0 Å². The maximum atomic E-state index is 12.9. The number of carbonyl (C=O) groups excluding carboxylic acids is 1. The van der Waals surface area contributed by atoms with Gasteiger partial charge in [0.05, 0.1) is 0 Å². The monoisotopic (exact) mass is 297 g/mol. The third-order valence-electron chi connectivity index (χ3n) is 2.96. The number of halogens is 1. The van der Waals surface area contributed by atoms with Crippen molar-refractivity contribution in [1.82, 2.24) is 0 Å². The summed E-state index contributed by atoms with van der Waals surface area (Å²) in [6, 6.07) is 6.41. The van der Waals surface area contributed by atoms with E-state index in [1.54, 1.807) is 24.3 Å². The van der Waals surface area contributed by atoms with E-state index in [-0.39, 0.29) is 19.6 Å². The summed E-state index contributed by atoms with van der Waals surface area (Å²) in [4.78, 5) is 13.0. The molecule has 0 saturated carbocycles. The van der Waals surface area contributed by atoms with Gasteiger partial charge in [0.15, 0.2) is 0 Å².